The van der Waals surface area contributed by atoms with Crippen LogP contribution in [0.5, 0.6) is 0 Å². The Morgan fingerprint density at radius 1 is 1.20 bits per heavy atom. The van der Waals surface area contributed by atoms with Crippen molar-refractivity contribution in [2.24, 2.45) is 11.3 Å². The molecule has 2 saturated carbocycles. The zero-order valence-electron chi connectivity index (χ0n) is 10.1. The summed E-state index contributed by atoms with van der Waals surface area (Å²) in [6.07, 6.45) is 5.47. The molecule has 0 aromatic heterocycles. The number of hydrogen-bond acceptors (Lipinski definition) is 2. The van der Waals surface area contributed by atoms with Gasteiger partial charge in [-0.1, -0.05) is 20.8 Å². The normalized spacial score (nSPS) is 33.1. The van der Waals surface area contributed by atoms with Gasteiger partial charge in [0, 0.05) is 12.8 Å². The van der Waals surface area contributed by atoms with Gasteiger partial charge in [0.2, 0.25) is 0 Å². The van der Waals surface area contributed by atoms with Crippen LogP contribution in [-0.2, 0) is 9.53 Å². The molecule has 0 bridgehead atoms. The molecule has 0 heterocycles. The Labute approximate surface area is 92.4 Å². The molecule has 15 heavy (non-hydrogen) atoms. The predicted molar refractivity (Wildman–Crippen MR) is 59.7 cm³/mol. The summed E-state index contributed by atoms with van der Waals surface area (Å²) >= 11 is 0. The maximum Gasteiger partial charge on any atom is 0.135 e. The van der Waals surface area contributed by atoms with Gasteiger partial charge < -0.3 is 4.74 Å². The van der Waals surface area contributed by atoms with Crippen LogP contribution in [-0.4, -0.2) is 18.0 Å². The third-order valence-electron chi connectivity index (χ3n) is 3.62. The van der Waals surface area contributed by atoms with Gasteiger partial charge in [-0.15, -0.1) is 0 Å². The summed E-state index contributed by atoms with van der Waals surface area (Å²) in [5.74, 6) is 0.942. The van der Waals surface area contributed by atoms with Gasteiger partial charge in [-0.2, -0.15) is 0 Å². The second kappa shape index (κ2) is 3.89. The van der Waals surface area contributed by atoms with E-state index in [2.05, 4.69) is 20.8 Å². The van der Waals surface area contributed by atoms with E-state index in [0.29, 0.717) is 24.2 Å². The highest BCUT2D eigenvalue weighted by Gasteiger charge is 2.40. The number of Topliss-reactive ketones (excluding diaryl/α,β-unsaturated/α-hetero) is 1. The Morgan fingerprint density at radius 2 is 1.87 bits per heavy atom. The molecule has 0 aromatic carbocycles. The maximum absolute atomic E-state index is 11.5. The number of ether oxygens (including phenoxy) is 1. The first-order chi connectivity index (χ1) is 6.97. The van der Waals surface area contributed by atoms with E-state index in [4.69, 9.17) is 4.74 Å². The van der Waals surface area contributed by atoms with Crippen LogP contribution in [0.3, 0.4) is 0 Å². The van der Waals surface area contributed by atoms with Crippen LogP contribution >= 0.6 is 0 Å². The summed E-state index contributed by atoms with van der Waals surface area (Å²) in [6.45, 7) is 6.78. The molecule has 0 spiro atoms. The van der Waals surface area contributed by atoms with Crippen molar-refractivity contribution in [2.45, 2.75) is 65.1 Å². The van der Waals surface area contributed by atoms with Crippen LogP contribution in [0.1, 0.15) is 52.9 Å². The fourth-order valence-corrected chi connectivity index (χ4v) is 2.56. The van der Waals surface area contributed by atoms with E-state index in [0.717, 1.165) is 12.8 Å². The largest absolute Gasteiger partial charge is 0.374 e. The van der Waals surface area contributed by atoms with Crippen molar-refractivity contribution in [1.82, 2.24) is 0 Å². The third kappa shape index (κ3) is 2.81. The van der Waals surface area contributed by atoms with Gasteiger partial charge in [0.1, 0.15) is 5.78 Å². The van der Waals surface area contributed by atoms with E-state index in [-0.39, 0.29) is 11.5 Å². The van der Waals surface area contributed by atoms with Crippen molar-refractivity contribution >= 4 is 5.78 Å². The zero-order chi connectivity index (χ0) is 11.1. The van der Waals surface area contributed by atoms with Gasteiger partial charge in [-0.3, -0.25) is 4.79 Å². The summed E-state index contributed by atoms with van der Waals surface area (Å²) in [5, 5.41) is 0. The number of carbonyl (C=O) groups is 1. The smallest absolute Gasteiger partial charge is 0.135 e. The molecular weight excluding hydrogens is 188 g/mol. The lowest BCUT2D eigenvalue weighted by Gasteiger charge is -2.39. The van der Waals surface area contributed by atoms with Gasteiger partial charge >= 0.3 is 0 Å². The van der Waals surface area contributed by atoms with Gasteiger partial charge in [-0.25, -0.2) is 0 Å². The van der Waals surface area contributed by atoms with Crippen molar-refractivity contribution < 1.29 is 9.53 Å². The molecule has 0 radical (unpaired) electrons. The Bertz CT molecular complexity index is 248. The fourth-order valence-electron chi connectivity index (χ4n) is 2.56. The first-order valence-electron chi connectivity index (χ1n) is 6.14. The number of carbonyl (C=O) groups excluding carboxylic acids is 1. The first kappa shape index (κ1) is 11.1. The standard InChI is InChI=1S/C13H22O2/c1-13(2,3)11-7-4-9(14)8-12(11)15-10-5-6-10/h10-12H,4-8H2,1-3H3. The monoisotopic (exact) mass is 210 g/mol. The molecule has 0 saturated heterocycles. The summed E-state index contributed by atoms with van der Waals surface area (Å²) in [5.41, 5.74) is 0.264. The molecule has 0 N–H and O–H groups in total. The number of ketones is 1. The van der Waals surface area contributed by atoms with E-state index in [1.807, 2.05) is 0 Å². The van der Waals surface area contributed by atoms with E-state index in [9.17, 15) is 4.79 Å². The van der Waals surface area contributed by atoms with Crippen molar-refractivity contribution in [1.29, 1.82) is 0 Å². The Hall–Kier alpha value is -0.370. The van der Waals surface area contributed by atoms with Crippen LogP contribution in [0.15, 0.2) is 0 Å². The Kier molecular flexibility index (Phi) is 2.89. The highest BCUT2D eigenvalue weighted by Crippen LogP contribution is 2.40. The third-order valence-corrected chi connectivity index (χ3v) is 3.62. The molecule has 0 amide bonds. The Morgan fingerprint density at radius 3 is 2.40 bits per heavy atom. The molecule has 2 rings (SSSR count). The van der Waals surface area contributed by atoms with Crippen LogP contribution in [0, 0.1) is 11.3 Å². The lowest BCUT2D eigenvalue weighted by atomic mass is 9.70. The van der Waals surface area contributed by atoms with Gasteiger partial charge in [0.05, 0.1) is 12.2 Å². The molecule has 0 aromatic rings. The van der Waals surface area contributed by atoms with Crippen LogP contribution in [0.4, 0.5) is 0 Å². The van der Waals surface area contributed by atoms with Gasteiger partial charge in [-0.05, 0) is 30.6 Å². The minimum absolute atomic E-state index is 0.193. The van der Waals surface area contributed by atoms with E-state index in [1.165, 1.54) is 12.8 Å². The van der Waals surface area contributed by atoms with Crippen LogP contribution < -0.4 is 0 Å². The van der Waals surface area contributed by atoms with E-state index < -0.39 is 0 Å². The molecule has 2 aliphatic carbocycles. The topological polar surface area (TPSA) is 26.3 Å². The molecule has 2 fully saturated rings. The molecule has 86 valence electrons. The van der Waals surface area contributed by atoms with Crippen molar-refractivity contribution in [3.05, 3.63) is 0 Å². The van der Waals surface area contributed by atoms with Gasteiger partial charge in [0.25, 0.3) is 0 Å². The SMILES string of the molecule is CC(C)(C)C1CCC(=O)CC1OC1CC1. The second-order valence-electron chi connectivity index (χ2n) is 6.13. The molecule has 2 nitrogen and oxygen atoms in total. The molecule has 0 aliphatic heterocycles. The molecule has 2 atom stereocenters. The predicted octanol–water partition coefficient (Wildman–Crippen LogP) is 2.95. The molecule has 2 unspecified atom stereocenters. The second-order valence-corrected chi connectivity index (χ2v) is 6.13. The van der Waals surface area contributed by atoms with Crippen molar-refractivity contribution in [2.75, 3.05) is 0 Å². The zero-order valence-corrected chi connectivity index (χ0v) is 10.1. The van der Waals surface area contributed by atoms with Crippen molar-refractivity contribution in [3.8, 4) is 0 Å². The number of rotatable bonds is 2. The summed E-state index contributed by atoms with van der Waals surface area (Å²) in [6, 6.07) is 0. The molecular formula is C13H22O2. The Balaban J connectivity index is 2.01. The quantitative estimate of drug-likeness (QED) is 0.700. The summed E-state index contributed by atoms with van der Waals surface area (Å²) in [4.78, 5) is 11.5. The minimum atomic E-state index is 0.193. The minimum Gasteiger partial charge on any atom is -0.374 e. The molecule has 2 heteroatoms. The summed E-state index contributed by atoms with van der Waals surface area (Å²) < 4.78 is 5.99. The van der Waals surface area contributed by atoms with Gasteiger partial charge in [0.15, 0.2) is 0 Å². The molecule has 2 aliphatic rings. The average molecular weight is 210 g/mol. The fraction of sp³-hybridized carbons (Fsp3) is 0.923. The van der Waals surface area contributed by atoms with Crippen molar-refractivity contribution in [3.63, 3.8) is 0 Å². The van der Waals surface area contributed by atoms with E-state index >= 15 is 0 Å². The highest BCUT2D eigenvalue weighted by atomic mass is 16.5. The van der Waals surface area contributed by atoms with Crippen LogP contribution in [0.25, 0.3) is 0 Å². The van der Waals surface area contributed by atoms with E-state index in [1.54, 1.807) is 0 Å². The lowest BCUT2D eigenvalue weighted by molar-refractivity contribution is -0.131. The first-order valence-corrected chi connectivity index (χ1v) is 6.14. The lowest BCUT2D eigenvalue weighted by Crippen LogP contribution is -2.39. The number of hydrogen-bond donors (Lipinski definition) is 0. The highest BCUT2D eigenvalue weighted by molar-refractivity contribution is 5.79. The maximum atomic E-state index is 11.5. The summed E-state index contributed by atoms with van der Waals surface area (Å²) in [7, 11) is 0. The average Bonchev–Trinajstić information content (AvgIpc) is 2.85. The van der Waals surface area contributed by atoms with Crippen LogP contribution in [0.2, 0.25) is 0 Å².